The Kier molecular flexibility index (Phi) is 7.65. The Morgan fingerprint density at radius 2 is 1.82 bits per heavy atom. The molecule has 0 unspecified atom stereocenters. The minimum absolute atomic E-state index is 0.244. The third-order valence-electron chi connectivity index (χ3n) is 3.62. The van der Waals surface area contributed by atoms with Crippen LogP contribution in [0.2, 0.25) is 5.02 Å². The topological polar surface area (TPSA) is 98.2 Å². The van der Waals surface area contributed by atoms with Crippen molar-refractivity contribution in [3.63, 3.8) is 0 Å². The molecule has 2 rings (SSSR count). The van der Waals surface area contributed by atoms with Crippen molar-refractivity contribution >= 4 is 29.6 Å². The Morgan fingerprint density at radius 1 is 1.07 bits per heavy atom. The third kappa shape index (κ3) is 5.37. The smallest absolute Gasteiger partial charge is 0.259 e. The number of hydrogen-bond acceptors (Lipinski definition) is 6. The van der Waals surface area contributed by atoms with E-state index in [4.69, 9.17) is 25.8 Å². The summed E-state index contributed by atoms with van der Waals surface area (Å²) in [5.41, 5.74) is 3.26. The van der Waals surface area contributed by atoms with Crippen LogP contribution >= 0.6 is 11.6 Å². The molecule has 0 saturated heterocycles. The molecule has 8 nitrogen and oxygen atoms in total. The van der Waals surface area contributed by atoms with Gasteiger partial charge in [0.2, 0.25) is 5.75 Å². The lowest BCUT2D eigenvalue weighted by Crippen LogP contribution is -2.34. The number of ether oxygens (including phenoxy) is 3. The van der Waals surface area contributed by atoms with Crippen LogP contribution in [-0.4, -0.2) is 45.9 Å². The molecule has 0 aliphatic heterocycles. The summed E-state index contributed by atoms with van der Waals surface area (Å²) < 4.78 is 15.8. The maximum atomic E-state index is 12.0. The lowest BCUT2D eigenvalue weighted by molar-refractivity contribution is -0.120. The molecule has 0 fully saturated rings. The van der Waals surface area contributed by atoms with E-state index in [1.165, 1.54) is 33.6 Å². The predicted molar refractivity (Wildman–Crippen MR) is 106 cm³/mol. The van der Waals surface area contributed by atoms with E-state index in [1.807, 2.05) is 0 Å². The zero-order valence-electron chi connectivity index (χ0n) is 15.6. The van der Waals surface area contributed by atoms with Crippen molar-refractivity contribution in [1.29, 1.82) is 0 Å². The molecule has 28 heavy (non-hydrogen) atoms. The maximum Gasteiger partial charge on any atom is 0.259 e. The number of halogens is 1. The summed E-state index contributed by atoms with van der Waals surface area (Å²) in [6.45, 7) is -0.244. The lowest BCUT2D eigenvalue weighted by atomic mass is 10.2. The van der Waals surface area contributed by atoms with Crippen LogP contribution in [-0.2, 0) is 4.79 Å². The molecular weight excluding hydrogens is 386 g/mol. The molecule has 0 radical (unpaired) electrons. The van der Waals surface area contributed by atoms with Gasteiger partial charge in [0.1, 0.15) is 0 Å². The van der Waals surface area contributed by atoms with E-state index >= 15 is 0 Å². The van der Waals surface area contributed by atoms with Gasteiger partial charge in [0.15, 0.2) is 11.5 Å². The number of hydrogen-bond donors (Lipinski definition) is 2. The minimum Gasteiger partial charge on any atom is -0.493 e. The molecule has 0 saturated carbocycles. The van der Waals surface area contributed by atoms with Crippen LogP contribution in [0.3, 0.4) is 0 Å². The molecule has 0 aliphatic rings. The van der Waals surface area contributed by atoms with E-state index in [1.54, 1.807) is 30.3 Å². The fourth-order valence-corrected chi connectivity index (χ4v) is 2.52. The molecule has 0 aromatic heterocycles. The van der Waals surface area contributed by atoms with Crippen LogP contribution in [0, 0.1) is 0 Å². The molecular formula is C19H20ClN3O5. The molecule has 2 aromatic carbocycles. The van der Waals surface area contributed by atoms with Crippen molar-refractivity contribution in [3.8, 4) is 17.2 Å². The highest BCUT2D eigenvalue weighted by Crippen LogP contribution is 2.38. The predicted octanol–water partition coefficient (Wildman–Crippen LogP) is 2.25. The number of methoxy groups -OCH3 is 3. The molecule has 9 heteroatoms. The number of carbonyl (C=O) groups excluding carboxylic acids is 2. The van der Waals surface area contributed by atoms with E-state index in [-0.39, 0.29) is 6.54 Å². The molecule has 2 N–H and O–H groups in total. The van der Waals surface area contributed by atoms with Gasteiger partial charge in [-0.1, -0.05) is 17.7 Å². The van der Waals surface area contributed by atoms with E-state index in [0.29, 0.717) is 33.4 Å². The summed E-state index contributed by atoms with van der Waals surface area (Å²) in [7, 11) is 4.49. The number of hydrazone groups is 1. The van der Waals surface area contributed by atoms with E-state index in [9.17, 15) is 9.59 Å². The highest BCUT2D eigenvalue weighted by atomic mass is 35.5. The summed E-state index contributed by atoms with van der Waals surface area (Å²) in [6, 6.07) is 9.81. The fraction of sp³-hybridized carbons (Fsp3) is 0.211. The van der Waals surface area contributed by atoms with Gasteiger partial charge in [0.05, 0.1) is 34.1 Å². The lowest BCUT2D eigenvalue weighted by Gasteiger charge is -2.13. The van der Waals surface area contributed by atoms with Gasteiger partial charge in [-0.2, -0.15) is 5.10 Å². The number of carbonyl (C=O) groups is 2. The summed E-state index contributed by atoms with van der Waals surface area (Å²) in [4.78, 5) is 23.9. The Balaban J connectivity index is 1.95. The minimum atomic E-state index is -0.494. The SMILES string of the molecule is COc1ccc(C=NNC(=O)CNC(=O)c2cccc(Cl)c2)c(OC)c1OC. The van der Waals surface area contributed by atoms with Gasteiger partial charge in [-0.25, -0.2) is 5.43 Å². The molecule has 0 spiro atoms. The van der Waals surface area contributed by atoms with Gasteiger partial charge in [-0.05, 0) is 30.3 Å². The molecule has 148 valence electrons. The normalized spacial score (nSPS) is 10.4. The molecule has 2 aromatic rings. The van der Waals surface area contributed by atoms with Crippen LogP contribution in [0.4, 0.5) is 0 Å². The fourth-order valence-electron chi connectivity index (χ4n) is 2.33. The van der Waals surface area contributed by atoms with Crippen molar-refractivity contribution in [2.75, 3.05) is 27.9 Å². The number of amides is 2. The number of benzene rings is 2. The second kappa shape index (κ2) is 10.2. The van der Waals surface area contributed by atoms with Gasteiger partial charge < -0.3 is 19.5 Å². The quantitative estimate of drug-likeness (QED) is 0.518. The van der Waals surface area contributed by atoms with E-state index in [2.05, 4.69) is 15.8 Å². The standard InChI is InChI=1S/C19H20ClN3O5/c1-26-15-8-7-13(17(27-2)18(15)28-3)10-22-23-16(24)11-21-19(25)12-5-4-6-14(20)9-12/h4-10H,11H2,1-3H3,(H,21,25)(H,23,24). The first-order chi connectivity index (χ1) is 13.5. The van der Waals surface area contributed by atoms with Crippen molar-refractivity contribution in [3.05, 3.63) is 52.5 Å². The number of nitrogens with one attached hydrogen (secondary N) is 2. The molecule has 0 bridgehead atoms. The highest BCUT2D eigenvalue weighted by Gasteiger charge is 2.14. The van der Waals surface area contributed by atoms with Crippen molar-refractivity contribution in [2.45, 2.75) is 0 Å². The second-order valence-corrected chi connectivity index (χ2v) is 5.85. The summed E-state index contributed by atoms with van der Waals surface area (Å²) in [5.74, 6) is 0.418. The zero-order chi connectivity index (χ0) is 20.5. The third-order valence-corrected chi connectivity index (χ3v) is 3.86. The molecule has 0 atom stereocenters. The number of rotatable bonds is 8. The van der Waals surface area contributed by atoms with Gasteiger partial charge in [-0.15, -0.1) is 0 Å². The Hall–Kier alpha value is -3.26. The Labute approximate surface area is 167 Å². The van der Waals surface area contributed by atoms with Crippen molar-refractivity contribution in [2.24, 2.45) is 5.10 Å². The van der Waals surface area contributed by atoms with Crippen LogP contribution in [0.1, 0.15) is 15.9 Å². The highest BCUT2D eigenvalue weighted by molar-refractivity contribution is 6.31. The van der Waals surface area contributed by atoms with Crippen LogP contribution in [0.15, 0.2) is 41.5 Å². The summed E-state index contributed by atoms with van der Waals surface area (Å²) in [5, 5.41) is 6.79. The van der Waals surface area contributed by atoms with Gasteiger partial charge in [0, 0.05) is 16.1 Å². The van der Waals surface area contributed by atoms with Gasteiger partial charge >= 0.3 is 0 Å². The first-order valence-corrected chi connectivity index (χ1v) is 8.52. The Morgan fingerprint density at radius 3 is 2.46 bits per heavy atom. The van der Waals surface area contributed by atoms with Crippen LogP contribution < -0.4 is 25.0 Å². The average molecular weight is 406 g/mol. The van der Waals surface area contributed by atoms with E-state index < -0.39 is 11.8 Å². The largest absolute Gasteiger partial charge is 0.493 e. The first kappa shape index (κ1) is 21.0. The monoisotopic (exact) mass is 405 g/mol. The summed E-state index contributed by atoms with van der Waals surface area (Å²) >= 11 is 5.84. The number of nitrogens with zero attached hydrogens (tertiary/aromatic N) is 1. The molecule has 0 heterocycles. The molecule has 0 aliphatic carbocycles. The first-order valence-electron chi connectivity index (χ1n) is 8.14. The van der Waals surface area contributed by atoms with Gasteiger partial charge in [0.25, 0.3) is 11.8 Å². The van der Waals surface area contributed by atoms with Crippen LogP contribution in [0.5, 0.6) is 17.2 Å². The van der Waals surface area contributed by atoms with Crippen molar-refractivity contribution < 1.29 is 23.8 Å². The van der Waals surface area contributed by atoms with Crippen molar-refractivity contribution in [1.82, 2.24) is 10.7 Å². The summed E-state index contributed by atoms with van der Waals surface area (Å²) in [6.07, 6.45) is 1.40. The molecule has 2 amide bonds. The van der Waals surface area contributed by atoms with E-state index in [0.717, 1.165) is 0 Å². The average Bonchev–Trinajstić information content (AvgIpc) is 2.71. The second-order valence-electron chi connectivity index (χ2n) is 5.41. The van der Waals surface area contributed by atoms with Gasteiger partial charge in [-0.3, -0.25) is 9.59 Å². The maximum absolute atomic E-state index is 12.0. The Bertz CT molecular complexity index is 886. The zero-order valence-corrected chi connectivity index (χ0v) is 16.4. The van der Waals surface area contributed by atoms with Crippen LogP contribution in [0.25, 0.3) is 0 Å².